The number of carboxylic acid groups (broad SMARTS) is 1. The normalized spacial score (nSPS) is 14.0. The largest absolute Gasteiger partial charge is 0.480 e. The van der Waals surface area contributed by atoms with Crippen molar-refractivity contribution in [2.45, 2.75) is 57.9 Å². The van der Waals surface area contributed by atoms with Gasteiger partial charge in [0.2, 0.25) is 10.0 Å². The van der Waals surface area contributed by atoms with E-state index in [0.717, 1.165) is 5.56 Å². The lowest BCUT2D eigenvalue weighted by atomic mass is 9.85. The van der Waals surface area contributed by atoms with Crippen LogP contribution in [0.25, 0.3) is 0 Å². The van der Waals surface area contributed by atoms with Crippen molar-refractivity contribution in [2.75, 3.05) is 0 Å². The van der Waals surface area contributed by atoms with E-state index in [1.165, 1.54) is 6.92 Å². The van der Waals surface area contributed by atoms with Crippen LogP contribution in [0.2, 0.25) is 0 Å². The van der Waals surface area contributed by atoms with E-state index in [4.69, 9.17) is 5.11 Å². The van der Waals surface area contributed by atoms with Gasteiger partial charge in [-0.25, -0.2) is 8.42 Å². The molecule has 0 radical (unpaired) electrons. The molecule has 2 N–H and O–H groups in total. The highest BCUT2D eigenvalue weighted by atomic mass is 32.2. The Morgan fingerprint density at radius 2 is 1.62 bits per heavy atom. The number of aliphatic carboxylic acids is 1. The van der Waals surface area contributed by atoms with Gasteiger partial charge in [0.25, 0.3) is 0 Å². The van der Waals surface area contributed by atoms with E-state index in [9.17, 15) is 13.2 Å². The number of nitrogens with one attached hydrogen (secondary N) is 1. The van der Waals surface area contributed by atoms with E-state index in [1.54, 1.807) is 13.8 Å². The fourth-order valence-corrected chi connectivity index (χ4v) is 3.80. The highest BCUT2D eigenvalue weighted by Gasteiger charge is 2.26. The summed E-state index contributed by atoms with van der Waals surface area (Å²) in [4.78, 5) is 11.0. The molecule has 0 amide bonds. The molecule has 0 bridgehead atoms. The first-order valence-electron chi connectivity index (χ1n) is 6.73. The molecule has 6 heteroatoms. The lowest BCUT2D eigenvalue weighted by Crippen LogP contribution is -2.38. The van der Waals surface area contributed by atoms with Gasteiger partial charge in [-0.3, -0.25) is 4.79 Å². The molecule has 21 heavy (non-hydrogen) atoms. The van der Waals surface area contributed by atoms with Crippen LogP contribution in [0.4, 0.5) is 0 Å². The molecule has 0 spiro atoms. The molecule has 0 unspecified atom stereocenters. The smallest absolute Gasteiger partial charge is 0.321 e. The summed E-state index contributed by atoms with van der Waals surface area (Å²) in [5.41, 5.74) is 2.19. The summed E-state index contributed by atoms with van der Waals surface area (Å²) in [6.07, 6.45) is 0. The molecule has 118 valence electrons. The quantitative estimate of drug-likeness (QED) is 0.894. The third-order valence-electron chi connectivity index (χ3n) is 3.30. The Balaban J connectivity index is 3.35. The first-order valence-corrected chi connectivity index (χ1v) is 8.21. The molecule has 5 nitrogen and oxygen atoms in total. The van der Waals surface area contributed by atoms with Gasteiger partial charge in [-0.1, -0.05) is 32.9 Å². The average molecular weight is 313 g/mol. The molecule has 1 aromatic rings. The summed E-state index contributed by atoms with van der Waals surface area (Å²) in [6, 6.07) is 2.51. The number of carboxylic acids is 1. The molecule has 1 aromatic carbocycles. The molecule has 0 saturated carbocycles. The summed E-state index contributed by atoms with van der Waals surface area (Å²) < 4.78 is 26.9. The van der Waals surface area contributed by atoms with Gasteiger partial charge in [-0.15, -0.1) is 0 Å². The Labute approximate surface area is 126 Å². The van der Waals surface area contributed by atoms with Crippen molar-refractivity contribution in [1.82, 2.24) is 4.72 Å². The predicted octanol–water partition coefficient (Wildman–Crippen LogP) is 2.35. The maximum Gasteiger partial charge on any atom is 0.321 e. The molecular weight excluding hydrogens is 290 g/mol. The third-order valence-corrected chi connectivity index (χ3v) is 5.14. The number of hydrogen-bond acceptors (Lipinski definition) is 3. The SMILES string of the molecule is Cc1cc(C(C)(C)C)cc(C)c1S(=O)(=O)N[C@@H](C)C(=O)O. The van der Waals surface area contributed by atoms with E-state index in [1.807, 2.05) is 12.1 Å². The Bertz CT molecular complexity index is 634. The Morgan fingerprint density at radius 1 is 1.19 bits per heavy atom. The molecule has 1 rings (SSSR count). The third kappa shape index (κ3) is 4.04. The average Bonchev–Trinajstić information content (AvgIpc) is 2.25. The van der Waals surface area contributed by atoms with Crippen LogP contribution in [0.5, 0.6) is 0 Å². The van der Waals surface area contributed by atoms with Crippen molar-refractivity contribution in [3.05, 3.63) is 28.8 Å². The van der Waals surface area contributed by atoms with E-state index in [-0.39, 0.29) is 10.3 Å². The zero-order valence-electron chi connectivity index (χ0n) is 13.3. The standard InChI is InChI=1S/C15H23NO4S/c1-9-7-12(15(4,5)6)8-10(2)13(9)21(19,20)16-11(3)14(17)18/h7-8,11,16H,1-6H3,(H,17,18)/t11-/m0/s1. The molecule has 0 aliphatic heterocycles. The molecule has 0 heterocycles. The summed E-state index contributed by atoms with van der Waals surface area (Å²) in [5.74, 6) is -1.21. The molecule has 0 aliphatic carbocycles. The van der Waals surface area contributed by atoms with Gasteiger partial charge in [0.15, 0.2) is 0 Å². The summed E-state index contributed by atoms with van der Waals surface area (Å²) >= 11 is 0. The second-order valence-electron chi connectivity index (χ2n) is 6.37. The van der Waals surface area contributed by atoms with Crippen LogP contribution < -0.4 is 4.72 Å². The van der Waals surface area contributed by atoms with Crippen molar-refractivity contribution in [2.24, 2.45) is 0 Å². The zero-order chi connectivity index (χ0) is 16.6. The van der Waals surface area contributed by atoms with Crippen molar-refractivity contribution < 1.29 is 18.3 Å². The minimum absolute atomic E-state index is 0.0837. The first kappa shape index (κ1) is 17.7. The zero-order valence-corrected chi connectivity index (χ0v) is 14.1. The van der Waals surface area contributed by atoms with E-state index < -0.39 is 22.0 Å². The number of sulfonamides is 1. The lowest BCUT2D eigenvalue weighted by Gasteiger charge is -2.22. The van der Waals surface area contributed by atoms with Crippen molar-refractivity contribution in [3.8, 4) is 0 Å². The summed E-state index contributed by atoms with van der Waals surface area (Å²) in [7, 11) is -3.86. The highest BCUT2D eigenvalue weighted by molar-refractivity contribution is 7.89. The number of benzene rings is 1. The van der Waals surface area contributed by atoms with Gasteiger partial charge < -0.3 is 5.11 Å². The highest BCUT2D eigenvalue weighted by Crippen LogP contribution is 2.29. The van der Waals surface area contributed by atoms with Gasteiger partial charge in [-0.05, 0) is 42.9 Å². The van der Waals surface area contributed by atoms with Crippen LogP contribution in [-0.4, -0.2) is 25.5 Å². The van der Waals surface area contributed by atoms with Gasteiger partial charge in [0, 0.05) is 0 Å². The van der Waals surface area contributed by atoms with Crippen molar-refractivity contribution in [3.63, 3.8) is 0 Å². The van der Waals surface area contributed by atoms with Crippen molar-refractivity contribution in [1.29, 1.82) is 0 Å². The monoisotopic (exact) mass is 313 g/mol. The van der Waals surface area contributed by atoms with Gasteiger partial charge >= 0.3 is 5.97 Å². The molecule has 0 saturated heterocycles. The first-order chi connectivity index (χ1) is 9.36. The molecular formula is C15H23NO4S. The second kappa shape index (κ2) is 5.77. The Morgan fingerprint density at radius 3 is 1.95 bits per heavy atom. The van der Waals surface area contributed by atoms with Crippen LogP contribution in [0.3, 0.4) is 0 Å². The van der Waals surface area contributed by atoms with Gasteiger partial charge in [0.05, 0.1) is 4.90 Å². The maximum absolute atomic E-state index is 12.4. The minimum Gasteiger partial charge on any atom is -0.480 e. The number of aryl methyl sites for hydroxylation is 2. The van der Waals surface area contributed by atoms with E-state index >= 15 is 0 Å². The van der Waals surface area contributed by atoms with Crippen molar-refractivity contribution >= 4 is 16.0 Å². The molecule has 0 fully saturated rings. The Kier molecular flexibility index (Phi) is 4.85. The fraction of sp³-hybridized carbons (Fsp3) is 0.533. The number of carbonyl (C=O) groups is 1. The van der Waals surface area contributed by atoms with Crippen LogP contribution in [0, 0.1) is 13.8 Å². The van der Waals surface area contributed by atoms with Crippen LogP contribution in [-0.2, 0) is 20.2 Å². The fourth-order valence-electron chi connectivity index (χ4n) is 2.15. The summed E-state index contributed by atoms with van der Waals surface area (Å²) in [6.45, 7) is 10.9. The maximum atomic E-state index is 12.4. The van der Waals surface area contributed by atoms with E-state index in [0.29, 0.717) is 11.1 Å². The number of hydrogen-bond donors (Lipinski definition) is 2. The number of rotatable bonds is 4. The molecule has 0 aliphatic rings. The second-order valence-corrected chi connectivity index (χ2v) is 8.02. The lowest BCUT2D eigenvalue weighted by molar-refractivity contribution is -0.138. The van der Waals surface area contributed by atoms with Crippen LogP contribution >= 0.6 is 0 Å². The summed E-state index contributed by atoms with van der Waals surface area (Å²) in [5, 5.41) is 8.85. The minimum atomic E-state index is -3.86. The predicted molar refractivity (Wildman–Crippen MR) is 82.0 cm³/mol. The van der Waals surface area contributed by atoms with E-state index in [2.05, 4.69) is 25.5 Å². The van der Waals surface area contributed by atoms with Crippen LogP contribution in [0.1, 0.15) is 44.4 Å². The molecule has 1 atom stereocenters. The van der Waals surface area contributed by atoms with Gasteiger partial charge in [0.1, 0.15) is 6.04 Å². The molecule has 0 aromatic heterocycles. The van der Waals surface area contributed by atoms with Gasteiger partial charge in [-0.2, -0.15) is 4.72 Å². The topological polar surface area (TPSA) is 83.5 Å². The van der Waals surface area contributed by atoms with Crippen LogP contribution in [0.15, 0.2) is 17.0 Å². The Hall–Kier alpha value is -1.40.